The Balaban J connectivity index is 2.20. The molecule has 0 aliphatic rings. The summed E-state index contributed by atoms with van der Waals surface area (Å²) in [6.45, 7) is 0. The second kappa shape index (κ2) is 9.43. The first-order valence-electron chi connectivity index (χ1n) is 8.39. The second-order valence-electron chi connectivity index (χ2n) is 6.03. The molecule has 28 heavy (non-hydrogen) atoms. The zero-order valence-corrected chi connectivity index (χ0v) is 17.0. The van der Waals surface area contributed by atoms with Crippen molar-refractivity contribution in [2.75, 3.05) is 32.9 Å². The second-order valence-corrected chi connectivity index (χ2v) is 7.81. The van der Waals surface area contributed by atoms with Gasteiger partial charge < -0.3 is 19.5 Å². The third kappa shape index (κ3) is 6.14. The Morgan fingerprint density at radius 3 is 2.11 bits per heavy atom. The summed E-state index contributed by atoms with van der Waals surface area (Å²) < 4.78 is 41.5. The van der Waals surface area contributed by atoms with Gasteiger partial charge in [-0.25, -0.2) is 13.1 Å². The number of nitrogens with one attached hydrogen (secondary N) is 2. The molecule has 2 N–H and O–H groups in total. The molecule has 0 spiro atoms. The van der Waals surface area contributed by atoms with Crippen LogP contribution in [0.2, 0.25) is 0 Å². The van der Waals surface area contributed by atoms with E-state index < -0.39 is 16.1 Å². The molecular weight excluding hydrogens is 384 g/mol. The Bertz CT molecular complexity index is 913. The molecule has 2 rings (SSSR count). The summed E-state index contributed by atoms with van der Waals surface area (Å²) >= 11 is 0. The van der Waals surface area contributed by atoms with Crippen LogP contribution < -0.4 is 24.2 Å². The number of rotatable bonds is 9. The van der Waals surface area contributed by atoms with Crippen molar-refractivity contribution >= 4 is 21.6 Å². The largest absolute Gasteiger partial charge is 0.497 e. The molecule has 0 bridgehead atoms. The number of sulfonamides is 1. The maximum Gasteiger partial charge on any atom is 0.226 e. The average Bonchev–Trinajstić information content (AvgIpc) is 2.66. The molecule has 152 valence electrons. The van der Waals surface area contributed by atoms with Crippen molar-refractivity contribution in [3.63, 3.8) is 0 Å². The van der Waals surface area contributed by atoms with Gasteiger partial charge in [0.15, 0.2) is 0 Å². The Labute approximate surface area is 164 Å². The van der Waals surface area contributed by atoms with E-state index >= 15 is 0 Å². The average molecular weight is 408 g/mol. The number of hydrogen-bond acceptors (Lipinski definition) is 6. The molecule has 1 amide bonds. The van der Waals surface area contributed by atoms with E-state index in [0.717, 1.165) is 6.26 Å². The lowest BCUT2D eigenvalue weighted by Gasteiger charge is -2.19. The third-order valence-electron chi connectivity index (χ3n) is 3.95. The van der Waals surface area contributed by atoms with Crippen LogP contribution in [-0.4, -0.2) is 41.9 Å². The van der Waals surface area contributed by atoms with E-state index in [4.69, 9.17) is 14.2 Å². The highest BCUT2D eigenvalue weighted by molar-refractivity contribution is 7.88. The lowest BCUT2D eigenvalue weighted by molar-refractivity contribution is -0.116. The van der Waals surface area contributed by atoms with E-state index in [1.54, 1.807) is 42.5 Å². The fourth-order valence-corrected chi connectivity index (χ4v) is 3.35. The molecule has 0 saturated heterocycles. The van der Waals surface area contributed by atoms with E-state index in [-0.39, 0.29) is 12.3 Å². The van der Waals surface area contributed by atoms with Gasteiger partial charge in [-0.1, -0.05) is 12.1 Å². The minimum absolute atomic E-state index is 0.103. The molecule has 1 atom stereocenters. The van der Waals surface area contributed by atoms with Gasteiger partial charge in [-0.15, -0.1) is 0 Å². The normalized spacial score (nSPS) is 12.1. The lowest BCUT2D eigenvalue weighted by Crippen LogP contribution is -2.30. The highest BCUT2D eigenvalue weighted by Crippen LogP contribution is 2.30. The van der Waals surface area contributed by atoms with Crippen molar-refractivity contribution in [2.45, 2.75) is 12.5 Å². The number of amides is 1. The van der Waals surface area contributed by atoms with E-state index in [0.29, 0.717) is 28.5 Å². The maximum atomic E-state index is 12.6. The van der Waals surface area contributed by atoms with Crippen LogP contribution in [0.3, 0.4) is 0 Å². The molecule has 0 aliphatic heterocycles. The fraction of sp³-hybridized carbons (Fsp3) is 0.316. The SMILES string of the molecule is COc1ccc([C@@H](CC(=O)Nc2ccc(OC)cc2OC)NS(C)(=O)=O)cc1. The molecular formula is C19H24N2O6S. The number of ether oxygens (including phenoxy) is 3. The van der Waals surface area contributed by atoms with Crippen molar-refractivity contribution in [3.8, 4) is 17.2 Å². The van der Waals surface area contributed by atoms with Crippen LogP contribution in [0.1, 0.15) is 18.0 Å². The number of carbonyl (C=O) groups excluding carboxylic acids is 1. The van der Waals surface area contributed by atoms with Crippen LogP contribution >= 0.6 is 0 Å². The van der Waals surface area contributed by atoms with Gasteiger partial charge in [0, 0.05) is 12.5 Å². The minimum Gasteiger partial charge on any atom is -0.497 e. The summed E-state index contributed by atoms with van der Waals surface area (Å²) in [6, 6.07) is 11.1. The summed E-state index contributed by atoms with van der Waals surface area (Å²) in [4.78, 5) is 12.6. The van der Waals surface area contributed by atoms with Crippen LogP contribution in [0.15, 0.2) is 42.5 Å². The minimum atomic E-state index is -3.53. The topological polar surface area (TPSA) is 103 Å². The monoisotopic (exact) mass is 408 g/mol. The number of carbonyl (C=O) groups is 1. The number of anilines is 1. The lowest BCUT2D eigenvalue weighted by atomic mass is 10.0. The molecule has 0 aliphatic carbocycles. The van der Waals surface area contributed by atoms with Gasteiger partial charge in [0.25, 0.3) is 0 Å². The Morgan fingerprint density at radius 1 is 0.964 bits per heavy atom. The third-order valence-corrected chi connectivity index (χ3v) is 4.66. The molecule has 0 unspecified atom stereocenters. The van der Waals surface area contributed by atoms with E-state index in [9.17, 15) is 13.2 Å². The predicted octanol–water partition coefficient (Wildman–Crippen LogP) is 2.33. The van der Waals surface area contributed by atoms with Crippen LogP contribution in [0, 0.1) is 0 Å². The summed E-state index contributed by atoms with van der Waals surface area (Å²) in [5.41, 5.74) is 1.10. The number of methoxy groups -OCH3 is 3. The summed E-state index contributed by atoms with van der Waals surface area (Å²) in [7, 11) is 1.02. The quantitative estimate of drug-likeness (QED) is 0.660. The van der Waals surface area contributed by atoms with Gasteiger partial charge in [-0.05, 0) is 29.8 Å². The summed E-state index contributed by atoms with van der Waals surface area (Å²) in [6.07, 6.45) is 0.947. The predicted molar refractivity (Wildman–Crippen MR) is 107 cm³/mol. The molecule has 0 heterocycles. The molecule has 2 aromatic carbocycles. The smallest absolute Gasteiger partial charge is 0.226 e. The van der Waals surface area contributed by atoms with Gasteiger partial charge in [0.05, 0.1) is 39.3 Å². The molecule has 0 fully saturated rings. The molecule has 0 aromatic heterocycles. The van der Waals surface area contributed by atoms with Crippen molar-refractivity contribution in [3.05, 3.63) is 48.0 Å². The van der Waals surface area contributed by atoms with E-state index in [1.165, 1.54) is 21.3 Å². The van der Waals surface area contributed by atoms with Gasteiger partial charge in [-0.2, -0.15) is 0 Å². The van der Waals surface area contributed by atoms with Crippen LogP contribution in [0.4, 0.5) is 5.69 Å². The Hall–Kier alpha value is -2.78. The highest BCUT2D eigenvalue weighted by atomic mass is 32.2. The van der Waals surface area contributed by atoms with Gasteiger partial charge in [0.2, 0.25) is 15.9 Å². The van der Waals surface area contributed by atoms with Crippen LogP contribution in [-0.2, 0) is 14.8 Å². The van der Waals surface area contributed by atoms with Gasteiger partial charge in [0.1, 0.15) is 17.2 Å². The fourth-order valence-electron chi connectivity index (χ4n) is 2.61. The van der Waals surface area contributed by atoms with Crippen molar-refractivity contribution in [1.29, 1.82) is 0 Å². The Kier molecular flexibility index (Phi) is 7.24. The standard InChI is InChI=1S/C19H24N2O6S/c1-25-14-7-5-13(6-8-14)17(21-28(4,23)24)12-19(22)20-16-10-9-15(26-2)11-18(16)27-3/h5-11,17,21H,12H2,1-4H3,(H,20,22)/t17-/m1/s1. The highest BCUT2D eigenvalue weighted by Gasteiger charge is 2.21. The van der Waals surface area contributed by atoms with Crippen molar-refractivity contribution in [2.24, 2.45) is 0 Å². The maximum absolute atomic E-state index is 12.6. The summed E-state index contributed by atoms with van der Waals surface area (Å²) in [5, 5.41) is 2.74. The first-order chi connectivity index (χ1) is 13.3. The molecule has 9 heteroatoms. The first kappa shape index (κ1) is 21.5. The van der Waals surface area contributed by atoms with Gasteiger partial charge >= 0.3 is 0 Å². The van der Waals surface area contributed by atoms with Gasteiger partial charge in [-0.3, -0.25) is 4.79 Å². The molecule has 8 nitrogen and oxygen atoms in total. The Morgan fingerprint density at radius 2 is 1.57 bits per heavy atom. The first-order valence-corrected chi connectivity index (χ1v) is 10.3. The molecule has 0 radical (unpaired) electrons. The van der Waals surface area contributed by atoms with Crippen molar-refractivity contribution in [1.82, 2.24) is 4.72 Å². The van der Waals surface area contributed by atoms with E-state index in [1.807, 2.05) is 0 Å². The molecule has 0 saturated carbocycles. The summed E-state index contributed by atoms with van der Waals surface area (Å²) in [5.74, 6) is 1.28. The van der Waals surface area contributed by atoms with Crippen LogP contribution in [0.5, 0.6) is 17.2 Å². The number of hydrogen-bond donors (Lipinski definition) is 2. The number of benzene rings is 2. The zero-order valence-electron chi connectivity index (χ0n) is 16.2. The van der Waals surface area contributed by atoms with Crippen molar-refractivity contribution < 1.29 is 27.4 Å². The van der Waals surface area contributed by atoms with Crippen LogP contribution in [0.25, 0.3) is 0 Å². The molecule has 2 aromatic rings. The zero-order chi connectivity index (χ0) is 20.7. The van der Waals surface area contributed by atoms with E-state index in [2.05, 4.69) is 10.0 Å².